The number of allylic oxidation sites excluding steroid dienone is 1. The first-order valence-electron chi connectivity index (χ1n) is 3.35. The Morgan fingerprint density at radius 3 is 2.80 bits per heavy atom. The predicted octanol–water partition coefficient (Wildman–Crippen LogP) is 1.72. The number of hydrogen-bond acceptors (Lipinski definition) is 2. The van der Waals surface area contributed by atoms with Crippen molar-refractivity contribution in [2.75, 3.05) is 0 Å². The van der Waals surface area contributed by atoms with Gasteiger partial charge in [-0.05, 0) is 5.92 Å². The molecule has 56 valence electrons. The first kappa shape index (κ1) is 7.61. The van der Waals surface area contributed by atoms with E-state index in [2.05, 4.69) is 24.2 Å². The topological polar surface area (TPSA) is 24.4 Å². The SMILES string of the molecule is CC(C)C1N=CC(Cl)=CN1. The fourth-order valence-corrected chi connectivity index (χ4v) is 0.881. The van der Waals surface area contributed by atoms with Crippen LogP contribution in [-0.2, 0) is 0 Å². The normalized spacial score (nSPS) is 24.4. The van der Waals surface area contributed by atoms with Gasteiger partial charge in [0.1, 0.15) is 6.17 Å². The molecule has 0 aromatic heterocycles. The van der Waals surface area contributed by atoms with Gasteiger partial charge in [0.15, 0.2) is 0 Å². The Labute approximate surface area is 66.0 Å². The lowest BCUT2D eigenvalue weighted by Crippen LogP contribution is -2.30. The van der Waals surface area contributed by atoms with Crippen LogP contribution < -0.4 is 5.32 Å². The van der Waals surface area contributed by atoms with E-state index in [0.717, 1.165) is 0 Å². The Morgan fingerprint density at radius 1 is 1.70 bits per heavy atom. The molecule has 0 amide bonds. The molecule has 1 heterocycles. The lowest BCUT2D eigenvalue weighted by Gasteiger charge is -2.19. The minimum Gasteiger partial charge on any atom is -0.368 e. The lowest BCUT2D eigenvalue weighted by atomic mass is 10.1. The third-order valence-corrected chi connectivity index (χ3v) is 1.59. The molecule has 0 spiro atoms. The summed E-state index contributed by atoms with van der Waals surface area (Å²) in [5, 5.41) is 3.74. The van der Waals surface area contributed by atoms with Crippen molar-refractivity contribution in [2.45, 2.75) is 20.0 Å². The molecule has 1 rings (SSSR count). The summed E-state index contributed by atoms with van der Waals surface area (Å²) >= 11 is 5.64. The molecule has 1 atom stereocenters. The maximum Gasteiger partial charge on any atom is 0.120 e. The van der Waals surface area contributed by atoms with E-state index in [-0.39, 0.29) is 6.17 Å². The Bertz CT molecular complexity index is 172. The van der Waals surface area contributed by atoms with E-state index in [0.29, 0.717) is 11.0 Å². The Hall–Kier alpha value is -0.500. The second-order valence-corrected chi connectivity index (χ2v) is 3.10. The highest BCUT2D eigenvalue weighted by molar-refractivity contribution is 6.39. The molecule has 0 radical (unpaired) electrons. The van der Waals surface area contributed by atoms with E-state index < -0.39 is 0 Å². The number of aliphatic imine (C=N–C) groups is 1. The van der Waals surface area contributed by atoms with E-state index in [9.17, 15) is 0 Å². The Morgan fingerprint density at radius 2 is 2.40 bits per heavy atom. The molecule has 0 saturated carbocycles. The van der Waals surface area contributed by atoms with Gasteiger partial charge in [-0.3, -0.25) is 4.99 Å². The van der Waals surface area contributed by atoms with Crippen LogP contribution in [0.1, 0.15) is 13.8 Å². The van der Waals surface area contributed by atoms with Gasteiger partial charge in [0.25, 0.3) is 0 Å². The molecular weight excluding hydrogens is 148 g/mol. The summed E-state index contributed by atoms with van der Waals surface area (Å²) in [6.07, 6.45) is 3.66. The van der Waals surface area contributed by atoms with E-state index in [1.165, 1.54) is 0 Å². The highest BCUT2D eigenvalue weighted by Gasteiger charge is 2.10. The summed E-state index contributed by atoms with van der Waals surface area (Å²) in [5.41, 5.74) is 0. The van der Waals surface area contributed by atoms with Gasteiger partial charge in [0.05, 0.1) is 5.03 Å². The third kappa shape index (κ3) is 1.74. The van der Waals surface area contributed by atoms with Crippen molar-refractivity contribution in [3.63, 3.8) is 0 Å². The predicted molar refractivity (Wildman–Crippen MR) is 44.2 cm³/mol. The molecule has 3 heteroatoms. The molecule has 1 unspecified atom stereocenters. The van der Waals surface area contributed by atoms with Crippen molar-refractivity contribution in [2.24, 2.45) is 10.9 Å². The molecule has 10 heavy (non-hydrogen) atoms. The second kappa shape index (κ2) is 3.06. The molecule has 0 fully saturated rings. The molecule has 1 N–H and O–H groups in total. The van der Waals surface area contributed by atoms with Crippen LogP contribution in [0.15, 0.2) is 16.2 Å². The van der Waals surface area contributed by atoms with Crippen LogP contribution in [0.25, 0.3) is 0 Å². The Balaban J connectivity index is 2.52. The van der Waals surface area contributed by atoms with Crippen LogP contribution in [0.5, 0.6) is 0 Å². The summed E-state index contributed by atoms with van der Waals surface area (Å²) in [5.74, 6) is 0.511. The zero-order chi connectivity index (χ0) is 7.56. The molecule has 1 aliphatic rings. The summed E-state index contributed by atoms with van der Waals surface area (Å²) < 4.78 is 0. The number of hydrogen-bond donors (Lipinski definition) is 1. The monoisotopic (exact) mass is 158 g/mol. The fourth-order valence-electron chi connectivity index (χ4n) is 0.761. The van der Waals surface area contributed by atoms with Crippen molar-refractivity contribution in [3.05, 3.63) is 11.2 Å². The Kier molecular flexibility index (Phi) is 2.33. The fraction of sp³-hybridized carbons (Fsp3) is 0.571. The zero-order valence-corrected chi connectivity index (χ0v) is 6.89. The van der Waals surface area contributed by atoms with E-state index in [1.54, 1.807) is 12.4 Å². The minimum absolute atomic E-state index is 0.197. The van der Waals surface area contributed by atoms with Gasteiger partial charge in [-0.25, -0.2) is 0 Å². The largest absolute Gasteiger partial charge is 0.368 e. The van der Waals surface area contributed by atoms with Crippen LogP contribution in [-0.4, -0.2) is 12.4 Å². The molecule has 0 saturated heterocycles. The maximum atomic E-state index is 5.64. The average Bonchev–Trinajstić information content (AvgIpc) is 1.88. The summed E-state index contributed by atoms with van der Waals surface area (Å²) in [4.78, 5) is 4.17. The number of rotatable bonds is 1. The molecule has 0 aromatic rings. The van der Waals surface area contributed by atoms with Gasteiger partial charge in [-0.1, -0.05) is 25.4 Å². The maximum absolute atomic E-state index is 5.64. The number of nitrogens with zero attached hydrogens (tertiary/aromatic N) is 1. The molecule has 0 aromatic carbocycles. The van der Waals surface area contributed by atoms with Gasteiger partial charge in [0, 0.05) is 12.4 Å². The van der Waals surface area contributed by atoms with Crippen molar-refractivity contribution >= 4 is 17.8 Å². The summed E-state index contributed by atoms with van der Waals surface area (Å²) in [6, 6.07) is 0. The second-order valence-electron chi connectivity index (χ2n) is 2.66. The van der Waals surface area contributed by atoms with Gasteiger partial charge in [-0.2, -0.15) is 0 Å². The molecule has 0 bridgehead atoms. The zero-order valence-electron chi connectivity index (χ0n) is 6.13. The first-order valence-corrected chi connectivity index (χ1v) is 3.73. The minimum atomic E-state index is 0.197. The number of halogens is 1. The van der Waals surface area contributed by atoms with E-state index in [1.807, 2.05) is 0 Å². The van der Waals surface area contributed by atoms with Gasteiger partial charge < -0.3 is 5.32 Å². The number of nitrogens with one attached hydrogen (secondary N) is 1. The smallest absolute Gasteiger partial charge is 0.120 e. The van der Waals surface area contributed by atoms with Gasteiger partial charge >= 0.3 is 0 Å². The van der Waals surface area contributed by atoms with E-state index >= 15 is 0 Å². The van der Waals surface area contributed by atoms with Crippen molar-refractivity contribution in [3.8, 4) is 0 Å². The molecule has 1 aliphatic heterocycles. The van der Waals surface area contributed by atoms with Crippen molar-refractivity contribution < 1.29 is 0 Å². The van der Waals surface area contributed by atoms with Crippen LogP contribution in [0.3, 0.4) is 0 Å². The van der Waals surface area contributed by atoms with E-state index in [4.69, 9.17) is 11.6 Å². The third-order valence-electron chi connectivity index (χ3n) is 1.38. The molecule has 2 nitrogen and oxygen atoms in total. The highest BCUT2D eigenvalue weighted by atomic mass is 35.5. The molecule has 0 aliphatic carbocycles. The van der Waals surface area contributed by atoms with Gasteiger partial charge in [-0.15, -0.1) is 0 Å². The quantitative estimate of drug-likeness (QED) is 0.618. The van der Waals surface area contributed by atoms with Crippen LogP contribution >= 0.6 is 11.6 Å². The lowest BCUT2D eigenvalue weighted by molar-refractivity contribution is 0.455. The first-order chi connectivity index (χ1) is 4.70. The van der Waals surface area contributed by atoms with Gasteiger partial charge in [0.2, 0.25) is 0 Å². The highest BCUT2D eigenvalue weighted by Crippen LogP contribution is 2.08. The summed E-state index contributed by atoms with van der Waals surface area (Å²) in [7, 11) is 0. The van der Waals surface area contributed by atoms with Crippen molar-refractivity contribution in [1.29, 1.82) is 0 Å². The average molecular weight is 159 g/mol. The molecular formula is C7H11ClN2. The van der Waals surface area contributed by atoms with Crippen LogP contribution in [0.4, 0.5) is 0 Å². The van der Waals surface area contributed by atoms with Crippen LogP contribution in [0, 0.1) is 5.92 Å². The standard InChI is InChI=1S/C7H11ClN2/c1-5(2)7-9-3-6(8)4-10-7/h3-5,7,9H,1-2H3. The van der Waals surface area contributed by atoms with Crippen molar-refractivity contribution in [1.82, 2.24) is 5.32 Å². The van der Waals surface area contributed by atoms with Crippen LogP contribution in [0.2, 0.25) is 0 Å². The summed E-state index contributed by atoms with van der Waals surface area (Å²) in [6.45, 7) is 4.23.